The number of carbonyl (C=O) groups is 1. The molecule has 0 atom stereocenters. The molecule has 4 rings (SSSR count). The number of anilines is 1. The van der Waals surface area contributed by atoms with Crippen molar-refractivity contribution in [1.82, 2.24) is 9.13 Å². The second-order valence-electron chi connectivity index (χ2n) is 6.53. The summed E-state index contributed by atoms with van der Waals surface area (Å²) in [4.78, 5) is 40.3. The molecule has 0 saturated heterocycles. The first-order valence-electron chi connectivity index (χ1n) is 8.88. The minimum Gasteiger partial charge on any atom is -0.314 e. The molecule has 0 N–H and O–H groups in total. The van der Waals surface area contributed by atoms with E-state index in [-0.39, 0.29) is 16.9 Å². The van der Waals surface area contributed by atoms with Crippen LogP contribution in [0.15, 0.2) is 69.6 Å². The highest BCUT2D eigenvalue weighted by molar-refractivity contribution is 7.17. The SMILES string of the molecule is CN(C(=O)Cn1c(=O)n(-c2ccccc2F)c(=O)c2sccc21)c1cccc(Cl)c1. The molecule has 2 aromatic carbocycles. The lowest BCUT2D eigenvalue weighted by atomic mass is 10.3. The van der Waals surface area contributed by atoms with E-state index in [1.165, 1.54) is 33.7 Å². The second-order valence-corrected chi connectivity index (χ2v) is 7.88. The van der Waals surface area contributed by atoms with Gasteiger partial charge in [-0.25, -0.2) is 13.8 Å². The number of fused-ring (bicyclic) bond motifs is 1. The Morgan fingerprint density at radius 3 is 2.63 bits per heavy atom. The number of aromatic nitrogens is 2. The van der Waals surface area contributed by atoms with Crippen molar-refractivity contribution in [1.29, 1.82) is 0 Å². The van der Waals surface area contributed by atoms with Crippen LogP contribution in [0, 0.1) is 5.82 Å². The monoisotopic (exact) mass is 443 g/mol. The van der Waals surface area contributed by atoms with E-state index in [2.05, 4.69) is 0 Å². The number of hydrogen-bond acceptors (Lipinski definition) is 4. The quantitative estimate of drug-likeness (QED) is 0.483. The first-order chi connectivity index (χ1) is 14.4. The molecule has 1 amide bonds. The van der Waals surface area contributed by atoms with Gasteiger partial charge in [0.2, 0.25) is 5.91 Å². The lowest BCUT2D eigenvalue weighted by molar-refractivity contribution is -0.118. The van der Waals surface area contributed by atoms with Gasteiger partial charge in [0.05, 0.1) is 11.2 Å². The molecule has 9 heteroatoms. The van der Waals surface area contributed by atoms with Gasteiger partial charge in [-0.1, -0.05) is 29.8 Å². The highest BCUT2D eigenvalue weighted by atomic mass is 35.5. The summed E-state index contributed by atoms with van der Waals surface area (Å²) in [5, 5.41) is 2.12. The minimum absolute atomic E-state index is 0.160. The number of amides is 1. The van der Waals surface area contributed by atoms with Gasteiger partial charge < -0.3 is 4.90 Å². The van der Waals surface area contributed by atoms with Gasteiger partial charge in [0.25, 0.3) is 5.56 Å². The molecule has 0 fully saturated rings. The van der Waals surface area contributed by atoms with Crippen LogP contribution in [-0.4, -0.2) is 22.1 Å². The van der Waals surface area contributed by atoms with Crippen LogP contribution in [0.25, 0.3) is 15.9 Å². The van der Waals surface area contributed by atoms with Crippen molar-refractivity contribution in [2.75, 3.05) is 11.9 Å². The Morgan fingerprint density at radius 2 is 1.90 bits per heavy atom. The molecule has 2 heterocycles. The lowest BCUT2D eigenvalue weighted by Gasteiger charge is -2.19. The largest absolute Gasteiger partial charge is 0.336 e. The highest BCUT2D eigenvalue weighted by Crippen LogP contribution is 2.20. The van der Waals surface area contributed by atoms with Crippen molar-refractivity contribution in [3.8, 4) is 5.69 Å². The molecule has 4 aromatic rings. The van der Waals surface area contributed by atoms with Gasteiger partial charge >= 0.3 is 5.69 Å². The van der Waals surface area contributed by atoms with Crippen molar-refractivity contribution < 1.29 is 9.18 Å². The van der Waals surface area contributed by atoms with E-state index in [1.54, 1.807) is 42.8 Å². The molecular weight excluding hydrogens is 429 g/mol. The Hall–Kier alpha value is -3.23. The maximum atomic E-state index is 14.4. The number of para-hydroxylation sites is 1. The Balaban J connectivity index is 1.84. The van der Waals surface area contributed by atoms with Crippen molar-refractivity contribution in [2.24, 2.45) is 0 Å². The maximum Gasteiger partial charge on any atom is 0.336 e. The van der Waals surface area contributed by atoms with Gasteiger partial charge in [-0.15, -0.1) is 11.3 Å². The van der Waals surface area contributed by atoms with E-state index in [0.717, 1.165) is 15.9 Å². The summed E-state index contributed by atoms with van der Waals surface area (Å²) < 4.78 is 16.6. The van der Waals surface area contributed by atoms with Crippen LogP contribution in [0.4, 0.5) is 10.1 Å². The predicted octanol–water partition coefficient (Wildman–Crippen LogP) is 3.67. The van der Waals surface area contributed by atoms with Crippen LogP contribution in [0.5, 0.6) is 0 Å². The number of rotatable bonds is 4. The third kappa shape index (κ3) is 3.44. The molecule has 30 heavy (non-hydrogen) atoms. The fraction of sp³-hybridized carbons (Fsp3) is 0.0952. The van der Waals surface area contributed by atoms with Crippen LogP contribution in [0.1, 0.15) is 0 Å². The normalized spacial score (nSPS) is 11.0. The van der Waals surface area contributed by atoms with Crippen LogP contribution < -0.4 is 16.1 Å². The van der Waals surface area contributed by atoms with Crippen molar-refractivity contribution >= 4 is 44.7 Å². The van der Waals surface area contributed by atoms with Crippen LogP contribution in [0.2, 0.25) is 5.02 Å². The average molecular weight is 444 g/mol. The van der Waals surface area contributed by atoms with Crippen molar-refractivity contribution in [3.05, 3.63) is 91.7 Å². The van der Waals surface area contributed by atoms with Crippen molar-refractivity contribution in [3.63, 3.8) is 0 Å². The van der Waals surface area contributed by atoms with E-state index >= 15 is 0 Å². The number of carbonyl (C=O) groups excluding carboxylic acids is 1. The molecule has 152 valence electrons. The molecule has 0 saturated carbocycles. The predicted molar refractivity (Wildman–Crippen MR) is 117 cm³/mol. The van der Waals surface area contributed by atoms with E-state index in [0.29, 0.717) is 16.2 Å². The standard InChI is InChI=1S/C21H15ClFN3O3S/c1-24(14-6-4-5-13(22)11-14)18(27)12-25-17-9-10-30-19(17)20(28)26(21(25)29)16-8-3-2-7-15(16)23/h2-11H,12H2,1H3. The summed E-state index contributed by atoms with van der Waals surface area (Å²) in [6.07, 6.45) is 0. The van der Waals surface area contributed by atoms with Crippen LogP contribution in [0.3, 0.4) is 0 Å². The lowest BCUT2D eigenvalue weighted by Crippen LogP contribution is -2.42. The number of thiophene rings is 1. The zero-order valence-corrected chi connectivity index (χ0v) is 17.3. The summed E-state index contributed by atoms with van der Waals surface area (Å²) in [6.45, 7) is -0.330. The van der Waals surface area contributed by atoms with Crippen molar-refractivity contribution in [2.45, 2.75) is 6.54 Å². The van der Waals surface area contributed by atoms with Gasteiger partial charge in [-0.3, -0.25) is 14.2 Å². The number of nitrogens with zero attached hydrogens (tertiary/aromatic N) is 3. The average Bonchev–Trinajstić information content (AvgIpc) is 3.22. The summed E-state index contributed by atoms with van der Waals surface area (Å²) in [5.41, 5.74) is -0.682. The molecule has 0 aliphatic rings. The van der Waals surface area contributed by atoms with E-state index in [1.807, 2.05) is 0 Å². The second kappa shape index (κ2) is 7.89. The number of halogens is 2. The molecule has 0 aliphatic carbocycles. The fourth-order valence-corrected chi connectivity index (χ4v) is 4.16. The first-order valence-corrected chi connectivity index (χ1v) is 10.1. The Kier molecular flexibility index (Phi) is 5.27. The molecule has 0 spiro atoms. The summed E-state index contributed by atoms with van der Waals surface area (Å²) in [6, 6.07) is 13.9. The summed E-state index contributed by atoms with van der Waals surface area (Å²) in [7, 11) is 1.57. The molecule has 6 nitrogen and oxygen atoms in total. The van der Waals surface area contributed by atoms with Crippen LogP contribution >= 0.6 is 22.9 Å². The molecule has 2 aromatic heterocycles. The third-order valence-corrected chi connectivity index (χ3v) is 5.84. The molecule has 0 aliphatic heterocycles. The van der Waals surface area contributed by atoms with Gasteiger partial charge in [0, 0.05) is 17.8 Å². The van der Waals surface area contributed by atoms with E-state index < -0.39 is 23.0 Å². The van der Waals surface area contributed by atoms with Gasteiger partial charge in [0.1, 0.15) is 17.1 Å². The van der Waals surface area contributed by atoms with Gasteiger partial charge in [0.15, 0.2) is 0 Å². The Labute approximate surface area is 179 Å². The minimum atomic E-state index is -0.788. The summed E-state index contributed by atoms with van der Waals surface area (Å²) in [5.74, 6) is -1.10. The zero-order chi connectivity index (χ0) is 21.4. The first kappa shape index (κ1) is 20.1. The number of hydrogen-bond donors (Lipinski definition) is 0. The van der Waals surface area contributed by atoms with Crippen LogP contribution in [-0.2, 0) is 11.3 Å². The van der Waals surface area contributed by atoms with E-state index in [9.17, 15) is 18.8 Å². The Morgan fingerprint density at radius 1 is 1.13 bits per heavy atom. The Bertz CT molecular complexity index is 1390. The maximum absolute atomic E-state index is 14.4. The third-order valence-electron chi connectivity index (χ3n) is 4.71. The fourth-order valence-electron chi connectivity index (χ4n) is 3.16. The number of benzene rings is 2. The molecule has 0 bridgehead atoms. The van der Waals surface area contributed by atoms with Gasteiger partial charge in [-0.05, 0) is 41.8 Å². The topological polar surface area (TPSA) is 64.3 Å². The molecule has 0 unspecified atom stereocenters. The molecular formula is C21H15ClFN3O3S. The smallest absolute Gasteiger partial charge is 0.314 e. The summed E-state index contributed by atoms with van der Waals surface area (Å²) >= 11 is 7.13. The van der Waals surface area contributed by atoms with E-state index in [4.69, 9.17) is 11.6 Å². The number of likely N-dealkylation sites (N-methyl/N-ethyl adjacent to an activating group) is 1. The highest BCUT2D eigenvalue weighted by Gasteiger charge is 2.21. The van der Waals surface area contributed by atoms with Gasteiger partial charge in [-0.2, -0.15) is 0 Å². The molecule has 0 radical (unpaired) electrons. The zero-order valence-electron chi connectivity index (χ0n) is 15.7.